The minimum Gasteiger partial charge on any atom is -0.305 e. The average Bonchev–Trinajstić information content (AvgIpc) is 2.14. The Morgan fingerprint density at radius 1 is 1.36 bits per heavy atom. The molecule has 0 fully saturated rings. The largest absolute Gasteiger partial charge is 0.305 e. The Morgan fingerprint density at radius 3 is 2.57 bits per heavy atom. The Balaban J connectivity index is 3.09. The lowest BCUT2D eigenvalue weighted by molar-refractivity contribution is 0.0850. The van der Waals surface area contributed by atoms with E-state index in [9.17, 15) is 13.2 Å². The zero-order valence-electron chi connectivity index (χ0n) is 7.20. The molecule has 1 aromatic rings. The third-order valence-corrected chi connectivity index (χ3v) is 2.33. The minimum atomic E-state index is -0.971. The highest BCUT2D eigenvalue weighted by atomic mass is 79.9. The van der Waals surface area contributed by atoms with Crippen LogP contribution >= 0.6 is 15.9 Å². The van der Waals surface area contributed by atoms with E-state index in [0.29, 0.717) is 6.07 Å². The SMILES string of the molecule is CONCc1c(F)cc(F)c(Br)c1F. The molecule has 0 saturated carbocycles. The molecule has 0 aliphatic heterocycles. The van der Waals surface area contributed by atoms with Gasteiger partial charge < -0.3 is 4.84 Å². The molecule has 0 bridgehead atoms. The highest BCUT2D eigenvalue weighted by Gasteiger charge is 2.16. The maximum atomic E-state index is 13.2. The predicted octanol–water partition coefficient (Wildman–Crippen LogP) is 2.52. The van der Waals surface area contributed by atoms with Gasteiger partial charge in [0.05, 0.1) is 18.1 Å². The van der Waals surface area contributed by atoms with Crippen molar-refractivity contribution in [2.75, 3.05) is 7.11 Å². The summed E-state index contributed by atoms with van der Waals surface area (Å²) < 4.78 is 38.6. The van der Waals surface area contributed by atoms with Crippen LogP contribution in [-0.4, -0.2) is 7.11 Å². The lowest BCUT2D eigenvalue weighted by atomic mass is 10.2. The van der Waals surface area contributed by atoms with E-state index in [-0.39, 0.29) is 16.6 Å². The molecule has 1 N–H and O–H groups in total. The first-order chi connectivity index (χ1) is 6.57. The molecule has 2 nitrogen and oxygen atoms in total. The number of rotatable bonds is 3. The number of benzene rings is 1. The van der Waals surface area contributed by atoms with Crippen LogP contribution in [0.15, 0.2) is 10.5 Å². The number of nitrogens with one attached hydrogen (secondary N) is 1. The number of halogens is 4. The third kappa shape index (κ3) is 2.26. The molecule has 0 heterocycles. The fourth-order valence-electron chi connectivity index (χ4n) is 0.910. The number of hydrogen-bond donors (Lipinski definition) is 1. The zero-order valence-corrected chi connectivity index (χ0v) is 8.79. The first-order valence-corrected chi connectivity index (χ1v) is 4.45. The molecule has 0 spiro atoms. The van der Waals surface area contributed by atoms with Gasteiger partial charge in [-0.15, -0.1) is 0 Å². The summed E-state index contributed by atoms with van der Waals surface area (Å²) in [6.45, 7) is -0.174. The molecular formula is C8H7BrF3NO. The first kappa shape index (κ1) is 11.5. The van der Waals surface area contributed by atoms with E-state index in [2.05, 4.69) is 26.2 Å². The van der Waals surface area contributed by atoms with Gasteiger partial charge in [-0.05, 0) is 15.9 Å². The molecule has 0 atom stereocenters. The molecular weight excluding hydrogens is 263 g/mol. The molecule has 0 unspecified atom stereocenters. The van der Waals surface area contributed by atoms with E-state index >= 15 is 0 Å². The quantitative estimate of drug-likeness (QED) is 0.517. The smallest absolute Gasteiger partial charge is 0.147 e. The van der Waals surface area contributed by atoms with Gasteiger partial charge in [-0.25, -0.2) is 13.2 Å². The van der Waals surface area contributed by atoms with Crippen molar-refractivity contribution in [2.24, 2.45) is 0 Å². The molecule has 0 amide bonds. The van der Waals surface area contributed by atoms with Crippen molar-refractivity contribution in [3.63, 3.8) is 0 Å². The first-order valence-electron chi connectivity index (χ1n) is 3.65. The van der Waals surface area contributed by atoms with Crippen LogP contribution in [0.3, 0.4) is 0 Å². The molecule has 0 aliphatic rings. The van der Waals surface area contributed by atoms with Crippen LogP contribution in [0.4, 0.5) is 13.2 Å². The molecule has 1 rings (SSSR count). The maximum Gasteiger partial charge on any atom is 0.147 e. The van der Waals surface area contributed by atoms with Crippen LogP contribution in [-0.2, 0) is 11.4 Å². The molecule has 6 heteroatoms. The average molecular weight is 270 g/mol. The predicted molar refractivity (Wildman–Crippen MR) is 47.9 cm³/mol. The Hall–Kier alpha value is -0.590. The lowest BCUT2D eigenvalue weighted by Gasteiger charge is -2.07. The molecule has 78 valence electrons. The van der Waals surface area contributed by atoms with Crippen LogP contribution in [0, 0.1) is 17.5 Å². The summed E-state index contributed by atoms with van der Waals surface area (Å²) in [4.78, 5) is 4.43. The molecule has 0 aromatic heterocycles. The second-order valence-corrected chi connectivity index (χ2v) is 3.26. The summed E-state index contributed by atoms with van der Waals surface area (Å²) in [5.41, 5.74) is 1.99. The maximum absolute atomic E-state index is 13.2. The fourth-order valence-corrected chi connectivity index (χ4v) is 1.26. The normalized spacial score (nSPS) is 10.6. The second kappa shape index (κ2) is 4.77. The summed E-state index contributed by atoms with van der Waals surface area (Å²) in [5, 5.41) is 0. The fraction of sp³-hybridized carbons (Fsp3) is 0.250. The van der Waals surface area contributed by atoms with Crippen LogP contribution in [0.2, 0.25) is 0 Å². The van der Waals surface area contributed by atoms with E-state index in [1.54, 1.807) is 0 Å². The monoisotopic (exact) mass is 269 g/mol. The highest BCUT2D eigenvalue weighted by Crippen LogP contribution is 2.24. The van der Waals surface area contributed by atoms with E-state index < -0.39 is 17.5 Å². The molecule has 0 aliphatic carbocycles. The van der Waals surface area contributed by atoms with Crippen molar-refractivity contribution in [3.8, 4) is 0 Å². The van der Waals surface area contributed by atoms with E-state index in [1.165, 1.54) is 7.11 Å². The van der Waals surface area contributed by atoms with Gasteiger partial charge in [0, 0.05) is 11.6 Å². The van der Waals surface area contributed by atoms with Gasteiger partial charge in [0.25, 0.3) is 0 Å². The summed E-state index contributed by atoms with van der Waals surface area (Å²) >= 11 is 2.67. The summed E-state index contributed by atoms with van der Waals surface area (Å²) in [6, 6.07) is 0.611. The number of hydrogen-bond acceptors (Lipinski definition) is 2. The van der Waals surface area contributed by atoms with Gasteiger partial charge in [0.15, 0.2) is 0 Å². The standard InChI is InChI=1S/C8H7BrF3NO/c1-14-13-3-4-5(10)2-6(11)7(9)8(4)12/h2,13H,3H2,1H3. The Labute approximate surface area is 87.1 Å². The van der Waals surface area contributed by atoms with Crippen LogP contribution in [0.5, 0.6) is 0 Å². The van der Waals surface area contributed by atoms with Crippen LogP contribution in [0.25, 0.3) is 0 Å². The molecule has 1 aromatic carbocycles. The third-order valence-electron chi connectivity index (χ3n) is 1.60. The van der Waals surface area contributed by atoms with Crippen molar-refractivity contribution in [1.82, 2.24) is 5.48 Å². The van der Waals surface area contributed by atoms with Crippen molar-refractivity contribution in [1.29, 1.82) is 0 Å². The minimum absolute atomic E-state index is 0.174. The van der Waals surface area contributed by atoms with E-state index in [4.69, 9.17) is 0 Å². The van der Waals surface area contributed by atoms with Gasteiger partial charge in [-0.2, -0.15) is 5.48 Å². The Morgan fingerprint density at radius 2 is 2.00 bits per heavy atom. The highest BCUT2D eigenvalue weighted by molar-refractivity contribution is 9.10. The van der Waals surface area contributed by atoms with E-state index in [0.717, 1.165) is 0 Å². The summed E-state index contributed by atoms with van der Waals surface area (Å²) in [5.74, 6) is -2.89. The van der Waals surface area contributed by atoms with Gasteiger partial charge in [0.1, 0.15) is 17.5 Å². The molecule has 0 radical (unpaired) electrons. The van der Waals surface area contributed by atoms with Gasteiger partial charge >= 0.3 is 0 Å². The lowest BCUT2D eigenvalue weighted by Crippen LogP contribution is -2.14. The van der Waals surface area contributed by atoms with Crippen LogP contribution < -0.4 is 5.48 Å². The topological polar surface area (TPSA) is 21.3 Å². The van der Waals surface area contributed by atoms with Crippen molar-refractivity contribution >= 4 is 15.9 Å². The Bertz CT molecular complexity index is 346. The van der Waals surface area contributed by atoms with Crippen LogP contribution in [0.1, 0.15) is 5.56 Å². The number of hydroxylamine groups is 1. The zero-order chi connectivity index (χ0) is 10.7. The van der Waals surface area contributed by atoms with Gasteiger partial charge in [0.2, 0.25) is 0 Å². The molecule has 14 heavy (non-hydrogen) atoms. The summed E-state index contributed by atoms with van der Waals surface area (Å²) in [6.07, 6.45) is 0. The van der Waals surface area contributed by atoms with Gasteiger partial charge in [-0.1, -0.05) is 0 Å². The van der Waals surface area contributed by atoms with Crippen molar-refractivity contribution < 1.29 is 18.0 Å². The van der Waals surface area contributed by atoms with E-state index in [1.807, 2.05) is 0 Å². The second-order valence-electron chi connectivity index (χ2n) is 2.47. The van der Waals surface area contributed by atoms with Crippen molar-refractivity contribution in [3.05, 3.63) is 33.6 Å². The molecule has 0 saturated heterocycles. The Kier molecular flexibility index (Phi) is 3.91. The van der Waals surface area contributed by atoms with Gasteiger partial charge in [-0.3, -0.25) is 0 Å². The summed E-state index contributed by atoms with van der Waals surface area (Å²) in [7, 11) is 1.31. The van der Waals surface area contributed by atoms with Crippen molar-refractivity contribution in [2.45, 2.75) is 6.54 Å².